The van der Waals surface area contributed by atoms with E-state index >= 15 is 0 Å². The Morgan fingerprint density at radius 2 is 2.19 bits per heavy atom. The first-order chi connectivity index (χ1) is 9.99. The number of nitrogens with one attached hydrogen (secondary N) is 2. The van der Waals surface area contributed by atoms with E-state index in [2.05, 4.69) is 20.5 Å². The van der Waals surface area contributed by atoms with E-state index in [1.807, 2.05) is 39.0 Å². The molecule has 1 amide bonds. The zero-order valence-electron chi connectivity index (χ0n) is 12.4. The minimum Gasteiger partial charge on any atom is -0.495 e. The van der Waals surface area contributed by atoms with Crippen molar-refractivity contribution in [2.45, 2.75) is 31.2 Å². The number of H-pyrrole nitrogens is 1. The molecule has 7 heteroatoms. The van der Waals surface area contributed by atoms with Crippen LogP contribution in [0.15, 0.2) is 23.4 Å². The number of benzene rings is 1. The van der Waals surface area contributed by atoms with Crippen molar-refractivity contribution >= 4 is 23.4 Å². The number of methoxy groups -OCH3 is 1. The summed E-state index contributed by atoms with van der Waals surface area (Å²) in [6.45, 7) is 5.59. The highest BCUT2D eigenvalue weighted by atomic mass is 32.2. The normalized spacial score (nSPS) is 12.0. The van der Waals surface area contributed by atoms with E-state index in [0.29, 0.717) is 16.6 Å². The fourth-order valence-electron chi connectivity index (χ4n) is 1.74. The summed E-state index contributed by atoms with van der Waals surface area (Å²) in [4.78, 5) is 16.4. The van der Waals surface area contributed by atoms with Crippen molar-refractivity contribution in [1.29, 1.82) is 0 Å². The Hall–Kier alpha value is -2.02. The highest BCUT2D eigenvalue weighted by Crippen LogP contribution is 2.27. The third kappa shape index (κ3) is 3.98. The molecule has 0 fully saturated rings. The van der Waals surface area contributed by atoms with Crippen LogP contribution >= 0.6 is 11.8 Å². The van der Waals surface area contributed by atoms with Crippen molar-refractivity contribution in [3.05, 3.63) is 29.6 Å². The molecule has 1 aromatic carbocycles. The minimum absolute atomic E-state index is 0.119. The van der Waals surface area contributed by atoms with E-state index in [-0.39, 0.29) is 11.2 Å². The Morgan fingerprint density at radius 1 is 1.43 bits per heavy atom. The molecule has 21 heavy (non-hydrogen) atoms. The Kier molecular flexibility index (Phi) is 4.85. The van der Waals surface area contributed by atoms with Crippen molar-refractivity contribution in [3.8, 4) is 5.75 Å². The molecule has 0 aliphatic rings. The lowest BCUT2D eigenvalue weighted by Crippen LogP contribution is -2.22. The van der Waals surface area contributed by atoms with E-state index in [9.17, 15) is 4.79 Å². The number of amides is 1. The number of aryl methyl sites for hydroxylation is 2. The number of carbonyl (C=O) groups excluding carboxylic acids is 1. The van der Waals surface area contributed by atoms with E-state index in [1.54, 1.807) is 7.11 Å². The molecule has 0 aliphatic heterocycles. The largest absolute Gasteiger partial charge is 0.495 e. The van der Waals surface area contributed by atoms with Crippen LogP contribution in [0, 0.1) is 13.8 Å². The summed E-state index contributed by atoms with van der Waals surface area (Å²) in [5.74, 6) is 1.25. The zero-order chi connectivity index (χ0) is 15.4. The highest BCUT2D eigenvalue weighted by molar-refractivity contribution is 8.00. The number of rotatable bonds is 5. The van der Waals surface area contributed by atoms with Crippen LogP contribution in [0.5, 0.6) is 5.75 Å². The van der Waals surface area contributed by atoms with Gasteiger partial charge in [0.2, 0.25) is 11.1 Å². The molecule has 112 valence electrons. The van der Waals surface area contributed by atoms with Crippen molar-refractivity contribution < 1.29 is 9.53 Å². The summed E-state index contributed by atoms with van der Waals surface area (Å²) in [6, 6.07) is 5.65. The zero-order valence-corrected chi connectivity index (χ0v) is 13.2. The summed E-state index contributed by atoms with van der Waals surface area (Å²) >= 11 is 1.30. The lowest BCUT2D eigenvalue weighted by atomic mass is 10.2. The van der Waals surface area contributed by atoms with Gasteiger partial charge in [0.05, 0.1) is 18.0 Å². The molecule has 0 aliphatic carbocycles. The van der Waals surface area contributed by atoms with Crippen LogP contribution in [-0.4, -0.2) is 33.4 Å². The molecular weight excluding hydrogens is 288 g/mol. The molecule has 0 radical (unpaired) electrons. The number of carbonyl (C=O) groups is 1. The average Bonchev–Trinajstić information content (AvgIpc) is 2.84. The number of thioether (sulfide) groups is 1. The van der Waals surface area contributed by atoms with E-state index in [1.165, 1.54) is 11.8 Å². The Bertz CT molecular complexity index is 642. The van der Waals surface area contributed by atoms with E-state index in [4.69, 9.17) is 4.74 Å². The standard InChI is InChI=1S/C14H18N4O2S/c1-8-5-6-12(20-4)11(7-8)16-13(19)9(2)21-14-15-10(3)17-18-14/h5-7,9H,1-4H3,(H,16,19)(H,15,17,18). The van der Waals surface area contributed by atoms with Crippen LogP contribution in [0.25, 0.3) is 0 Å². The minimum atomic E-state index is -0.314. The van der Waals surface area contributed by atoms with Gasteiger partial charge < -0.3 is 10.1 Å². The van der Waals surface area contributed by atoms with Crippen molar-refractivity contribution in [2.75, 3.05) is 12.4 Å². The van der Waals surface area contributed by atoms with Gasteiger partial charge in [0, 0.05) is 0 Å². The first kappa shape index (κ1) is 15.4. The van der Waals surface area contributed by atoms with Gasteiger partial charge in [-0.25, -0.2) is 4.98 Å². The molecular formula is C14H18N4O2S. The molecule has 2 aromatic rings. The first-order valence-electron chi connectivity index (χ1n) is 6.50. The number of hydrogen-bond acceptors (Lipinski definition) is 5. The van der Waals surface area contributed by atoms with Crippen LogP contribution in [-0.2, 0) is 4.79 Å². The predicted octanol–water partition coefficient (Wildman–Crippen LogP) is 2.55. The van der Waals surface area contributed by atoms with Gasteiger partial charge in [-0.15, -0.1) is 5.10 Å². The number of hydrogen-bond donors (Lipinski definition) is 2. The maximum absolute atomic E-state index is 12.2. The van der Waals surface area contributed by atoms with Gasteiger partial charge in [-0.05, 0) is 38.5 Å². The third-order valence-electron chi connectivity index (χ3n) is 2.84. The predicted molar refractivity (Wildman–Crippen MR) is 82.8 cm³/mol. The van der Waals surface area contributed by atoms with Crippen molar-refractivity contribution in [3.63, 3.8) is 0 Å². The molecule has 1 heterocycles. The van der Waals surface area contributed by atoms with Crippen LogP contribution in [0.4, 0.5) is 5.69 Å². The second-order valence-corrected chi connectivity index (χ2v) is 5.96. The molecule has 0 bridgehead atoms. The summed E-state index contributed by atoms with van der Waals surface area (Å²) in [6.07, 6.45) is 0. The van der Waals surface area contributed by atoms with E-state index in [0.717, 1.165) is 11.4 Å². The van der Waals surface area contributed by atoms with Crippen LogP contribution < -0.4 is 10.1 Å². The number of anilines is 1. The summed E-state index contributed by atoms with van der Waals surface area (Å²) in [5, 5.41) is 9.90. The highest BCUT2D eigenvalue weighted by Gasteiger charge is 2.18. The van der Waals surface area contributed by atoms with Gasteiger partial charge in [0.15, 0.2) is 0 Å². The molecule has 1 unspecified atom stereocenters. The van der Waals surface area contributed by atoms with Gasteiger partial charge in [-0.1, -0.05) is 17.8 Å². The Morgan fingerprint density at radius 3 is 2.81 bits per heavy atom. The maximum atomic E-state index is 12.2. The third-order valence-corrected chi connectivity index (χ3v) is 3.80. The molecule has 6 nitrogen and oxygen atoms in total. The van der Waals surface area contributed by atoms with Crippen LogP contribution in [0.3, 0.4) is 0 Å². The van der Waals surface area contributed by atoms with Gasteiger partial charge in [-0.2, -0.15) is 0 Å². The molecule has 1 aromatic heterocycles. The lowest BCUT2D eigenvalue weighted by Gasteiger charge is -2.13. The Balaban J connectivity index is 2.05. The molecule has 0 saturated carbocycles. The molecule has 2 N–H and O–H groups in total. The topological polar surface area (TPSA) is 79.9 Å². The SMILES string of the molecule is COc1ccc(C)cc1NC(=O)C(C)Sc1n[nH]c(C)n1. The number of nitrogens with zero attached hydrogens (tertiary/aromatic N) is 2. The van der Waals surface area contributed by atoms with Gasteiger partial charge in [0.25, 0.3) is 0 Å². The summed E-state index contributed by atoms with van der Waals surface area (Å²) in [5.41, 5.74) is 1.72. The van der Waals surface area contributed by atoms with Crippen molar-refractivity contribution in [1.82, 2.24) is 15.2 Å². The smallest absolute Gasteiger partial charge is 0.237 e. The second-order valence-electron chi connectivity index (χ2n) is 4.66. The Labute approximate surface area is 127 Å². The second kappa shape index (κ2) is 6.62. The number of ether oxygens (including phenoxy) is 1. The monoisotopic (exact) mass is 306 g/mol. The molecule has 0 spiro atoms. The lowest BCUT2D eigenvalue weighted by molar-refractivity contribution is -0.115. The molecule has 1 atom stereocenters. The number of aromatic nitrogens is 3. The van der Waals surface area contributed by atoms with Crippen LogP contribution in [0.2, 0.25) is 0 Å². The maximum Gasteiger partial charge on any atom is 0.237 e. The van der Waals surface area contributed by atoms with Gasteiger partial charge >= 0.3 is 0 Å². The average molecular weight is 306 g/mol. The van der Waals surface area contributed by atoms with Gasteiger partial charge in [0.1, 0.15) is 11.6 Å². The quantitative estimate of drug-likeness (QED) is 0.830. The summed E-state index contributed by atoms with van der Waals surface area (Å²) < 4.78 is 5.25. The molecule has 2 rings (SSSR count). The first-order valence-corrected chi connectivity index (χ1v) is 7.38. The fourth-order valence-corrected chi connectivity index (χ4v) is 2.51. The van der Waals surface area contributed by atoms with Crippen molar-refractivity contribution in [2.24, 2.45) is 0 Å². The van der Waals surface area contributed by atoms with Gasteiger partial charge in [-0.3, -0.25) is 9.89 Å². The van der Waals surface area contributed by atoms with Crippen LogP contribution in [0.1, 0.15) is 18.3 Å². The van der Waals surface area contributed by atoms with E-state index < -0.39 is 0 Å². The fraction of sp³-hybridized carbons (Fsp3) is 0.357. The number of aromatic amines is 1. The summed E-state index contributed by atoms with van der Waals surface area (Å²) in [7, 11) is 1.58. The molecule has 0 saturated heterocycles.